The second-order valence-corrected chi connectivity index (χ2v) is 7.28. The Morgan fingerprint density at radius 1 is 1.34 bits per heavy atom. The van der Waals surface area contributed by atoms with Crippen molar-refractivity contribution in [3.8, 4) is 6.07 Å². The van der Waals surface area contributed by atoms with E-state index in [0.29, 0.717) is 22.5 Å². The largest absolute Gasteiger partial charge is 0.380 e. The Morgan fingerprint density at radius 3 is 2.97 bits per heavy atom. The molecule has 2 amide bonds. The zero-order valence-electron chi connectivity index (χ0n) is 17.1. The number of ether oxygens (including phenoxy) is 1. The lowest BCUT2D eigenvalue weighted by Gasteiger charge is -2.34. The summed E-state index contributed by atoms with van der Waals surface area (Å²) in [5, 5.41) is 23.1. The number of hydrogen-bond donors (Lipinski definition) is 3. The molecule has 2 aromatic carbocycles. The van der Waals surface area contributed by atoms with E-state index in [0.717, 1.165) is 10.9 Å². The number of aliphatic hydroxyl groups is 1. The number of morpholine rings is 1. The van der Waals surface area contributed by atoms with Crippen molar-refractivity contribution in [2.24, 2.45) is 5.73 Å². The predicted molar refractivity (Wildman–Crippen MR) is 118 cm³/mol. The van der Waals surface area contributed by atoms with E-state index in [1.807, 2.05) is 24.3 Å². The van der Waals surface area contributed by atoms with Crippen LogP contribution < -0.4 is 16.0 Å². The lowest BCUT2D eigenvalue weighted by molar-refractivity contribution is -0.150. The topological polar surface area (TPSA) is 142 Å². The number of anilines is 2. The third-order valence-corrected chi connectivity index (χ3v) is 5.29. The number of benzene rings is 2. The first kappa shape index (κ1) is 21.4. The molecule has 3 aromatic rings. The molecule has 1 aliphatic rings. The van der Waals surface area contributed by atoms with Crippen molar-refractivity contribution in [1.82, 2.24) is 4.98 Å². The number of fused-ring (bicyclic) bond motifs is 1. The minimum Gasteiger partial charge on any atom is -0.380 e. The van der Waals surface area contributed by atoms with Crippen LogP contribution in [0.3, 0.4) is 0 Å². The molecule has 0 bridgehead atoms. The van der Waals surface area contributed by atoms with Crippen LogP contribution in [0.2, 0.25) is 0 Å². The zero-order valence-corrected chi connectivity index (χ0v) is 17.1. The van der Waals surface area contributed by atoms with Crippen LogP contribution >= 0.6 is 0 Å². The van der Waals surface area contributed by atoms with Gasteiger partial charge in [0, 0.05) is 36.0 Å². The molecule has 32 heavy (non-hydrogen) atoms. The smallest absolute Gasteiger partial charge is 0.259 e. The molecule has 9 nitrogen and oxygen atoms in total. The fourth-order valence-electron chi connectivity index (χ4n) is 3.61. The van der Waals surface area contributed by atoms with Gasteiger partial charge in [0.1, 0.15) is 0 Å². The van der Waals surface area contributed by atoms with Gasteiger partial charge in [-0.05, 0) is 42.0 Å². The molecular weight excluding hydrogens is 410 g/mol. The first-order chi connectivity index (χ1) is 15.5. The van der Waals surface area contributed by atoms with Crippen molar-refractivity contribution in [3.05, 3.63) is 65.9 Å². The molecule has 162 valence electrons. The number of rotatable bonds is 5. The van der Waals surface area contributed by atoms with E-state index < -0.39 is 24.0 Å². The number of nitriles is 1. The van der Waals surface area contributed by atoms with Gasteiger partial charge in [-0.1, -0.05) is 12.1 Å². The van der Waals surface area contributed by atoms with Gasteiger partial charge in [-0.3, -0.25) is 14.6 Å². The summed E-state index contributed by atoms with van der Waals surface area (Å²) in [5.41, 5.74) is 8.30. The van der Waals surface area contributed by atoms with Crippen molar-refractivity contribution in [2.45, 2.75) is 18.8 Å². The van der Waals surface area contributed by atoms with Crippen molar-refractivity contribution >= 4 is 34.1 Å². The minimum absolute atomic E-state index is 0.120. The van der Waals surface area contributed by atoms with Crippen molar-refractivity contribution < 1.29 is 19.4 Å². The molecule has 0 radical (unpaired) electrons. The highest BCUT2D eigenvalue weighted by atomic mass is 16.5. The number of nitrogens with zero attached hydrogens (tertiary/aromatic N) is 3. The van der Waals surface area contributed by atoms with Crippen LogP contribution in [0.1, 0.15) is 11.1 Å². The van der Waals surface area contributed by atoms with Gasteiger partial charge in [0.2, 0.25) is 0 Å². The first-order valence-corrected chi connectivity index (χ1v) is 10.0. The molecule has 2 heterocycles. The maximum Gasteiger partial charge on any atom is 0.259 e. The molecule has 1 fully saturated rings. The third-order valence-electron chi connectivity index (χ3n) is 5.29. The second-order valence-electron chi connectivity index (χ2n) is 7.28. The average molecular weight is 431 g/mol. The molecule has 0 spiro atoms. The molecule has 0 saturated carbocycles. The summed E-state index contributed by atoms with van der Waals surface area (Å²) in [7, 11) is 0. The predicted octanol–water partition coefficient (Wildman–Crippen LogP) is 1.30. The Labute approximate surface area is 184 Å². The quantitative estimate of drug-likeness (QED) is 0.553. The van der Waals surface area contributed by atoms with Crippen LogP contribution in [-0.2, 0) is 20.9 Å². The molecule has 4 rings (SSSR count). The zero-order chi connectivity index (χ0) is 22.7. The van der Waals surface area contributed by atoms with E-state index in [2.05, 4.69) is 10.3 Å². The van der Waals surface area contributed by atoms with E-state index in [1.165, 1.54) is 17.0 Å². The van der Waals surface area contributed by atoms with E-state index in [9.17, 15) is 14.7 Å². The van der Waals surface area contributed by atoms with Gasteiger partial charge in [-0.2, -0.15) is 5.26 Å². The third kappa shape index (κ3) is 4.15. The fraction of sp³-hybridized carbons (Fsp3) is 0.217. The summed E-state index contributed by atoms with van der Waals surface area (Å²) < 4.78 is 5.45. The number of hydrogen-bond acceptors (Lipinski definition) is 7. The molecule has 1 aliphatic heterocycles. The normalized spacial score (nSPS) is 17.1. The summed E-state index contributed by atoms with van der Waals surface area (Å²) >= 11 is 0. The van der Waals surface area contributed by atoms with E-state index in [-0.39, 0.29) is 19.7 Å². The number of nitrogens with two attached hydrogens (primary N) is 1. The number of aromatic nitrogens is 1. The number of carbonyl (C=O) groups is 2. The summed E-state index contributed by atoms with van der Waals surface area (Å²) in [4.78, 5) is 31.4. The first-order valence-electron chi connectivity index (χ1n) is 10.0. The Hall–Kier alpha value is -3.84. The van der Waals surface area contributed by atoms with Crippen LogP contribution in [-0.4, -0.2) is 47.3 Å². The number of nitrogens with one attached hydrogen (secondary N) is 1. The number of carbonyl (C=O) groups excluding carboxylic acids is 2. The van der Waals surface area contributed by atoms with Gasteiger partial charge < -0.3 is 25.8 Å². The average Bonchev–Trinajstić information content (AvgIpc) is 2.83. The highest BCUT2D eigenvalue weighted by Gasteiger charge is 2.39. The van der Waals surface area contributed by atoms with Gasteiger partial charge in [0.15, 0.2) is 12.2 Å². The molecule has 0 unspecified atom stereocenters. The maximum absolute atomic E-state index is 13.0. The summed E-state index contributed by atoms with van der Waals surface area (Å²) in [6.07, 6.45) is -1.40. The second kappa shape index (κ2) is 9.11. The number of aliphatic hydroxyl groups excluding tert-OH is 1. The van der Waals surface area contributed by atoms with Gasteiger partial charge in [-0.15, -0.1) is 0 Å². The molecule has 4 N–H and O–H groups in total. The lowest BCUT2D eigenvalue weighted by atomic mass is 10.1. The summed E-state index contributed by atoms with van der Waals surface area (Å²) in [6, 6.07) is 15.8. The SMILES string of the molecule is N#Cc1ccc(NC(=O)[C@H](O)[C@H]2OCCN(c3ccc4cccnc4c3)C2=O)cc1CN. The Morgan fingerprint density at radius 2 is 2.19 bits per heavy atom. The van der Waals surface area contributed by atoms with Crippen LogP contribution in [0.25, 0.3) is 10.9 Å². The van der Waals surface area contributed by atoms with Crippen LogP contribution in [0.15, 0.2) is 54.7 Å². The highest BCUT2D eigenvalue weighted by Crippen LogP contribution is 2.24. The molecule has 1 aromatic heterocycles. The summed E-state index contributed by atoms with van der Waals surface area (Å²) in [5.74, 6) is -1.31. The van der Waals surface area contributed by atoms with Gasteiger partial charge >= 0.3 is 0 Å². The number of pyridine rings is 1. The highest BCUT2D eigenvalue weighted by molar-refractivity contribution is 6.04. The van der Waals surface area contributed by atoms with Crippen LogP contribution in [0.5, 0.6) is 0 Å². The van der Waals surface area contributed by atoms with E-state index in [1.54, 1.807) is 24.4 Å². The molecule has 0 aliphatic carbocycles. The van der Waals surface area contributed by atoms with E-state index in [4.69, 9.17) is 15.7 Å². The summed E-state index contributed by atoms with van der Waals surface area (Å²) in [6.45, 7) is 0.571. The van der Waals surface area contributed by atoms with Crippen molar-refractivity contribution in [2.75, 3.05) is 23.4 Å². The molecule has 2 atom stereocenters. The Balaban J connectivity index is 1.50. The molecule has 1 saturated heterocycles. The van der Waals surface area contributed by atoms with Crippen LogP contribution in [0, 0.1) is 11.3 Å². The monoisotopic (exact) mass is 431 g/mol. The fourth-order valence-corrected chi connectivity index (χ4v) is 3.61. The minimum atomic E-state index is -1.72. The Kier molecular flexibility index (Phi) is 6.09. The standard InChI is InChI=1S/C23H21N5O4/c24-12-15-3-5-17(10-16(15)13-25)27-22(30)20(29)21-23(31)28(8-9-32-21)18-6-4-14-2-1-7-26-19(14)11-18/h1-7,10-11,20-21,29H,8-9,13,25H2,(H,27,30)/t20-,21-/m1/s1. The molecular formula is C23H21N5O4. The Bertz CT molecular complexity index is 1220. The van der Waals surface area contributed by atoms with Gasteiger partial charge in [0.25, 0.3) is 11.8 Å². The number of amides is 2. The van der Waals surface area contributed by atoms with Crippen molar-refractivity contribution in [3.63, 3.8) is 0 Å². The van der Waals surface area contributed by atoms with Gasteiger partial charge in [0.05, 0.1) is 23.8 Å². The van der Waals surface area contributed by atoms with Gasteiger partial charge in [-0.25, -0.2) is 0 Å². The molecule has 9 heteroatoms. The van der Waals surface area contributed by atoms with Crippen molar-refractivity contribution in [1.29, 1.82) is 5.26 Å². The van der Waals surface area contributed by atoms with E-state index >= 15 is 0 Å². The lowest BCUT2D eigenvalue weighted by Crippen LogP contribution is -2.55. The maximum atomic E-state index is 13.0. The van der Waals surface area contributed by atoms with Crippen LogP contribution in [0.4, 0.5) is 11.4 Å².